The molecule has 0 saturated heterocycles. The minimum Gasteiger partial charge on any atom is -0.394 e. The highest BCUT2D eigenvalue weighted by Gasteiger charge is 2.40. The number of aromatic nitrogens is 4. The second-order valence-electron chi connectivity index (χ2n) is 10.5. The molecule has 1 amide bonds. The molecule has 2 aliphatic rings. The Morgan fingerprint density at radius 1 is 0.929 bits per heavy atom. The van der Waals surface area contributed by atoms with Crippen molar-refractivity contribution in [3.8, 4) is 0 Å². The zero-order valence-corrected chi connectivity index (χ0v) is 25.2. The van der Waals surface area contributed by atoms with E-state index in [1.165, 1.54) is 6.92 Å². The number of sulfonamides is 2. The molecule has 2 fully saturated rings. The van der Waals surface area contributed by atoms with Crippen LogP contribution in [0, 0.1) is 0 Å². The summed E-state index contributed by atoms with van der Waals surface area (Å²) in [7, 11) is -6.99. The van der Waals surface area contributed by atoms with Gasteiger partial charge in [0, 0.05) is 12.3 Å². The Morgan fingerprint density at radius 2 is 1.38 bits per heavy atom. The maximum absolute atomic E-state index is 12.0. The van der Waals surface area contributed by atoms with Crippen LogP contribution in [0.1, 0.15) is 113 Å². The third kappa shape index (κ3) is 9.60. The minimum atomic E-state index is -3.56. The molecule has 236 valence electrons. The Kier molecular flexibility index (Phi) is 11.3. The van der Waals surface area contributed by atoms with Gasteiger partial charge in [-0.1, -0.05) is 24.2 Å². The summed E-state index contributed by atoms with van der Waals surface area (Å²) in [6, 6.07) is -2.67. The molecule has 2 aliphatic carbocycles. The van der Waals surface area contributed by atoms with Crippen molar-refractivity contribution in [2.75, 3.05) is 6.61 Å². The molecule has 2 aromatic heterocycles. The van der Waals surface area contributed by atoms with Crippen molar-refractivity contribution in [3.63, 3.8) is 0 Å². The number of rotatable bonds is 16. The summed E-state index contributed by atoms with van der Waals surface area (Å²) < 4.78 is 62.9. The molecule has 19 heteroatoms. The van der Waals surface area contributed by atoms with E-state index in [9.17, 15) is 26.4 Å². The van der Waals surface area contributed by atoms with Crippen molar-refractivity contribution in [1.29, 1.82) is 0 Å². The van der Waals surface area contributed by atoms with Gasteiger partial charge in [-0.2, -0.15) is 9.97 Å². The van der Waals surface area contributed by atoms with Crippen LogP contribution in [0.25, 0.3) is 0 Å². The third-order valence-electron chi connectivity index (χ3n) is 6.53. The van der Waals surface area contributed by atoms with Crippen molar-refractivity contribution < 1.29 is 40.6 Å². The molecule has 17 nitrogen and oxygen atoms in total. The molecule has 4 rings (SSSR count). The molecule has 7 N–H and O–H groups in total. The lowest BCUT2D eigenvalue weighted by Gasteiger charge is -2.13. The van der Waals surface area contributed by atoms with Gasteiger partial charge >= 0.3 is 0 Å². The maximum Gasteiger partial charge on any atom is 0.245 e. The highest BCUT2D eigenvalue weighted by molar-refractivity contribution is 7.90. The van der Waals surface area contributed by atoms with Crippen LogP contribution in [0.5, 0.6) is 0 Å². The first-order chi connectivity index (χ1) is 19.7. The molecule has 0 aliphatic heterocycles. The fraction of sp³-hybridized carbons (Fsp3) is 0.739. The summed E-state index contributed by atoms with van der Waals surface area (Å²) in [5.41, 5.74) is 10.6. The summed E-state index contributed by atoms with van der Waals surface area (Å²) in [6.45, 7) is 4.98. The monoisotopic (exact) mass is 634 g/mol. The van der Waals surface area contributed by atoms with E-state index in [1.807, 2.05) is 13.8 Å². The van der Waals surface area contributed by atoms with Crippen LogP contribution >= 0.6 is 0 Å². The molecule has 0 radical (unpaired) electrons. The number of nitrogens with two attached hydrogens (primary N) is 2. The number of hydrogen-bond acceptors (Lipinski definition) is 14. The van der Waals surface area contributed by atoms with E-state index in [0.717, 1.165) is 6.42 Å². The van der Waals surface area contributed by atoms with E-state index in [-0.39, 0.29) is 47.4 Å². The number of Topliss-reactive ketones (excluding diaryl/α,β-unsaturated/α-hetero) is 1. The molecule has 2 aromatic rings. The Morgan fingerprint density at radius 3 is 1.79 bits per heavy atom. The molecule has 4 atom stereocenters. The van der Waals surface area contributed by atoms with E-state index in [2.05, 4.69) is 29.7 Å². The maximum atomic E-state index is 12.0. The van der Waals surface area contributed by atoms with Gasteiger partial charge in [-0.3, -0.25) is 9.59 Å². The van der Waals surface area contributed by atoms with Crippen molar-refractivity contribution in [2.24, 2.45) is 11.5 Å². The van der Waals surface area contributed by atoms with Gasteiger partial charge in [-0.15, -0.1) is 0 Å². The van der Waals surface area contributed by atoms with Gasteiger partial charge in [0.25, 0.3) is 0 Å². The van der Waals surface area contributed by atoms with Crippen LogP contribution in [0.15, 0.2) is 9.05 Å². The van der Waals surface area contributed by atoms with Crippen molar-refractivity contribution in [2.45, 2.75) is 100 Å². The van der Waals surface area contributed by atoms with Crippen LogP contribution < -0.4 is 20.9 Å². The Balaban J connectivity index is 0.000000230. The van der Waals surface area contributed by atoms with E-state index < -0.39 is 55.9 Å². The lowest BCUT2D eigenvalue weighted by atomic mass is 10.1. The highest BCUT2D eigenvalue weighted by Crippen LogP contribution is 2.31. The summed E-state index contributed by atoms with van der Waals surface area (Å²) in [6.07, 6.45) is 3.00. The Bertz CT molecular complexity index is 1330. The normalized spacial score (nSPS) is 18.4. The van der Waals surface area contributed by atoms with Crippen molar-refractivity contribution in [1.82, 2.24) is 29.7 Å². The standard InChI is InChI=1S/C13H21N3O4S.C10H17N5O5S/c1-4-8(2)12-14-13(20-15-12)11(7-9(3)17)16-21(18,19)10-5-6-10;11-6(4-16)9-13-10(20-14-9)7(3-8(12)17)15-21(18,19)5-1-2-5/h8,10-11,16H,4-7H2,1-3H3;5-7,15-16H,1-4,11H2,(H2,12,17)/t8-,11-;6-,7-/m00/s1. The molecular weight excluding hydrogens is 596 g/mol. The van der Waals surface area contributed by atoms with Gasteiger partial charge < -0.3 is 25.6 Å². The lowest BCUT2D eigenvalue weighted by Crippen LogP contribution is -2.34. The van der Waals surface area contributed by atoms with E-state index in [0.29, 0.717) is 31.5 Å². The fourth-order valence-electron chi connectivity index (χ4n) is 3.59. The number of nitrogens with zero attached hydrogens (tertiary/aromatic N) is 4. The van der Waals surface area contributed by atoms with Crippen LogP contribution in [-0.2, 0) is 29.6 Å². The topological polar surface area (TPSA) is 277 Å². The van der Waals surface area contributed by atoms with Crippen molar-refractivity contribution >= 4 is 31.7 Å². The number of nitrogens with one attached hydrogen (secondary N) is 2. The molecule has 0 unspecified atom stereocenters. The summed E-state index contributed by atoms with van der Waals surface area (Å²) >= 11 is 0. The Labute approximate surface area is 243 Å². The van der Waals surface area contributed by atoms with E-state index in [4.69, 9.17) is 25.6 Å². The average molecular weight is 635 g/mol. The number of carbonyl (C=O) groups is 2. The quantitative estimate of drug-likeness (QED) is 0.159. The minimum absolute atomic E-state index is 0.00803. The molecular formula is C23H38N8O9S2. The Hall–Kier alpha value is -2.84. The van der Waals surface area contributed by atoms with Gasteiger partial charge in [-0.05, 0) is 39.0 Å². The predicted molar refractivity (Wildman–Crippen MR) is 146 cm³/mol. The van der Waals surface area contributed by atoms with Gasteiger partial charge in [0.1, 0.15) is 17.9 Å². The van der Waals surface area contributed by atoms with Gasteiger partial charge in [0.15, 0.2) is 11.6 Å². The van der Waals surface area contributed by atoms with Crippen LogP contribution in [0.3, 0.4) is 0 Å². The number of primary amides is 1. The molecule has 42 heavy (non-hydrogen) atoms. The van der Waals surface area contributed by atoms with Gasteiger partial charge in [0.05, 0.1) is 29.6 Å². The van der Waals surface area contributed by atoms with Crippen LogP contribution in [0.2, 0.25) is 0 Å². The fourth-order valence-corrected chi connectivity index (χ4v) is 6.65. The zero-order chi connectivity index (χ0) is 31.2. The molecule has 0 aromatic carbocycles. The molecule has 0 spiro atoms. The number of aliphatic hydroxyl groups is 1. The number of ketones is 1. The number of aliphatic hydroxyl groups excluding tert-OH is 1. The first kappa shape index (κ1) is 33.7. The average Bonchev–Trinajstić information content (AvgIpc) is 3.85. The highest BCUT2D eigenvalue weighted by atomic mass is 32.2. The third-order valence-corrected chi connectivity index (χ3v) is 10.5. The molecule has 0 bridgehead atoms. The summed E-state index contributed by atoms with van der Waals surface area (Å²) in [4.78, 5) is 30.6. The molecule has 2 saturated carbocycles. The van der Waals surface area contributed by atoms with Crippen LogP contribution in [-0.4, -0.2) is 71.0 Å². The van der Waals surface area contributed by atoms with Crippen LogP contribution in [0.4, 0.5) is 0 Å². The predicted octanol–water partition coefficient (Wildman–Crippen LogP) is -0.255. The number of amides is 1. The summed E-state index contributed by atoms with van der Waals surface area (Å²) in [5, 5.41) is 15.5. The first-order valence-electron chi connectivity index (χ1n) is 13.5. The van der Waals surface area contributed by atoms with Gasteiger partial charge in [-0.25, -0.2) is 26.3 Å². The van der Waals surface area contributed by atoms with Gasteiger partial charge in [0.2, 0.25) is 37.7 Å². The number of hydrogen-bond donors (Lipinski definition) is 5. The van der Waals surface area contributed by atoms with E-state index in [1.54, 1.807) is 0 Å². The smallest absolute Gasteiger partial charge is 0.245 e. The largest absolute Gasteiger partial charge is 0.394 e. The second kappa shape index (κ2) is 14.1. The lowest BCUT2D eigenvalue weighted by molar-refractivity contribution is -0.119. The molecule has 2 heterocycles. The second-order valence-corrected chi connectivity index (χ2v) is 14.5. The van der Waals surface area contributed by atoms with Crippen molar-refractivity contribution in [3.05, 3.63) is 23.4 Å². The van der Waals surface area contributed by atoms with E-state index >= 15 is 0 Å². The number of carbonyl (C=O) groups excluding carboxylic acids is 2. The first-order valence-corrected chi connectivity index (χ1v) is 16.6. The summed E-state index contributed by atoms with van der Waals surface area (Å²) in [5.74, 6) is -0.132. The zero-order valence-electron chi connectivity index (χ0n) is 23.6. The SMILES string of the molecule is CC[C@H](C)c1noc([C@H](CC(C)=O)NS(=O)(=O)C2CC2)n1.NC(=O)C[C@H](NS(=O)(=O)C1CC1)c1nc([C@@H](N)CO)no1.